The summed E-state index contributed by atoms with van der Waals surface area (Å²) in [6, 6.07) is 10.9. The number of aliphatic hydroxyl groups excluding tert-OH is 1. The molecular formula is C25H21FIN5O4S. The number of aromatic amines is 2. The van der Waals surface area contributed by atoms with Crippen LogP contribution in [-0.4, -0.2) is 47.9 Å². The fraction of sp³-hybridized carbons (Fsp3) is 0.160. The van der Waals surface area contributed by atoms with Gasteiger partial charge in [0, 0.05) is 26.5 Å². The molecule has 190 valence electrons. The Morgan fingerprint density at radius 3 is 2.68 bits per heavy atom. The van der Waals surface area contributed by atoms with Crippen molar-refractivity contribution >= 4 is 33.9 Å². The van der Waals surface area contributed by atoms with Gasteiger partial charge in [-0.25, -0.2) is 19.2 Å². The van der Waals surface area contributed by atoms with E-state index in [4.69, 9.17) is 9.84 Å². The van der Waals surface area contributed by atoms with Crippen LogP contribution in [0, 0.1) is 9.39 Å². The molecule has 1 atom stereocenters. The van der Waals surface area contributed by atoms with Crippen molar-refractivity contribution in [3.8, 4) is 34.1 Å². The van der Waals surface area contributed by atoms with E-state index in [9.17, 15) is 14.3 Å². The molecule has 0 spiro atoms. The number of imidazole rings is 2. The largest absolute Gasteiger partial charge is 0.493 e. The monoisotopic (exact) mass is 633 g/mol. The quantitative estimate of drug-likeness (QED) is 0.179. The smallest absolute Gasteiger partial charge is 0.329 e. The average Bonchev–Trinajstić information content (AvgIpc) is 3.63. The summed E-state index contributed by atoms with van der Waals surface area (Å²) >= 11 is 3.46. The number of thiazole rings is 1. The van der Waals surface area contributed by atoms with Crippen LogP contribution in [0.3, 0.4) is 0 Å². The maximum atomic E-state index is 14.6. The Hall–Kier alpha value is -3.49. The Balaban J connectivity index is 1.54. The highest BCUT2D eigenvalue weighted by molar-refractivity contribution is 14.1. The summed E-state index contributed by atoms with van der Waals surface area (Å²) in [5.74, 6) is 0.254. The van der Waals surface area contributed by atoms with E-state index in [0.717, 1.165) is 3.57 Å². The number of hydrogen-bond acceptors (Lipinski definition) is 7. The number of hydrogen-bond donors (Lipinski definition) is 4. The molecule has 0 aliphatic rings. The molecule has 0 aliphatic carbocycles. The molecule has 0 bridgehead atoms. The van der Waals surface area contributed by atoms with Gasteiger partial charge in [0.25, 0.3) is 0 Å². The molecule has 0 amide bonds. The first-order valence-electron chi connectivity index (χ1n) is 11.2. The summed E-state index contributed by atoms with van der Waals surface area (Å²) in [5, 5.41) is 22.0. The number of nitrogens with zero attached hydrogens (tertiary/aromatic N) is 3. The molecule has 0 fully saturated rings. The van der Waals surface area contributed by atoms with Gasteiger partial charge >= 0.3 is 5.69 Å². The third-order valence-electron chi connectivity index (χ3n) is 5.74. The molecule has 5 aromatic rings. The minimum absolute atomic E-state index is 0.107. The van der Waals surface area contributed by atoms with Crippen molar-refractivity contribution < 1.29 is 19.3 Å². The van der Waals surface area contributed by atoms with Gasteiger partial charge in [0.15, 0.2) is 0 Å². The molecule has 0 aliphatic heterocycles. The van der Waals surface area contributed by atoms with Crippen molar-refractivity contribution in [1.29, 1.82) is 0 Å². The van der Waals surface area contributed by atoms with Crippen molar-refractivity contribution in [2.24, 2.45) is 0 Å². The van der Waals surface area contributed by atoms with Crippen LogP contribution in [0.25, 0.3) is 22.5 Å². The Kier molecular flexibility index (Phi) is 7.39. The first kappa shape index (κ1) is 25.2. The standard InChI is InChI=1S/C25H21FIN5O4S/c26-19-9-15(27)3-6-18(19)20-11-28-23(30-20)21(10-16-12-37-13-29-16)32-24(34)22(31-25(32)35)14-1-4-17(5-2-14)36-8-7-33/h1-6,9,11-13,21,33-34H,7-8,10H2,(H,28,30)(H,31,35)/t21-/m1/s1. The topological polar surface area (TPSA) is 129 Å². The minimum Gasteiger partial charge on any atom is -0.493 e. The molecule has 5 rings (SSSR count). The lowest BCUT2D eigenvalue weighted by atomic mass is 10.1. The summed E-state index contributed by atoms with van der Waals surface area (Å²) in [7, 11) is 0. The maximum absolute atomic E-state index is 14.6. The minimum atomic E-state index is -0.743. The number of halogens is 2. The van der Waals surface area contributed by atoms with E-state index in [-0.39, 0.29) is 31.2 Å². The number of aromatic hydroxyl groups is 1. The third kappa shape index (κ3) is 5.31. The molecule has 0 radical (unpaired) electrons. The van der Waals surface area contributed by atoms with Gasteiger partial charge in [-0.2, -0.15) is 0 Å². The highest BCUT2D eigenvalue weighted by Gasteiger charge is 2.27. The van der Waals surface area contributed by atoms with E-state index >= 15 is 0 Å². The van der Waals surface area contributed by atoms with Crippen LogP contribution in [0.15, 0.2) is 64.3 Å². The first-order chi connectivity index (χ1) is 17.9. The van der Waals surface area contributed by atoms with Crippen LogP contribution in [0.5, 0.6) is 11.6 Å². The highest BCUT2D eigenvalue weighted by Crippen LogP contribution is 2.33. The van der Waals surface area contributed by atoms with Gasteiger partial charge in [-0.05, 0) is 65.1 Å². The molecule has 3 heterocycles. The number of aromatic nitrogens is 5. The fourth-order valence-electron chi connectivity index (χ4n) is 4.01. The number of rotatable bonds is 9. The number of ether oxygens (including phenoxy) is 1. The van der Waals surface area contributed by atoms with Crippen molar-refractivity contribution in [1.82, 2.24) is 24.5 Å². The molecule has 3 aromatic heterocycles. The average molecular weight is 633 g/mol. The van der Waals surface area contributed by atoms with Crippen LogP contribution in [0.2, 0.25) is 0 Å². The Morgan fingerprint density at radius 2 is 1.97 bits per heavy atom. The molecule has 2 aromatic carbocycles. The molecular weight excluding hydrogens is 612 g/mol. The predicted molar refractivity (Wildman–Crippen MR) is 145 cm³/mol. The third-order valence-corrected chi connectivity index (χ3v) is 7.04. The van der Waals surface area contributed by atoms with Gasteiger partial charge < -0.3 is 24.9 Å². The fourth-order valence-corrected chi connectivity index (χ4v) is 5.03. The van der Waals surface area contributed by atoms with Gasteiger partial charge in [0.05, 0.1) is 29.7 Å². The second-order valence-corrected chi connectivity index (χ2v) is 10.1. The number of benzene rings is 2. The van der Waals surface area contributed by atoms with Gasteiger partial charge in [0.1, 0.15) is 35.7 Å². The second kappa shape index (κ2) is 10.9. The van der Waals surface area contributed by atoms with Gasteiger partial charge in [-0.3, -0.25) is 4.57 Å². The summed E-state index contributed by atoms with van der Waals surface area (Å²) in [5.41, 5.74) is 3.47. The zero-order valence-corrected chi connectivity index (χ0v) is 22.2. The summed E-state index contributed by atoms with van der Waals surface area (Å²) in [6.45, 7) is 0.0527. The molecule has 9 nitrogen and oxygen atoms in total. The summed E-state index contributed by atoms with van der Waals surface area (Å²) in [4.78, 5) is 27.8. The van der Waals surface area contributed by atoms with Gasteiger partial charge in [-0.15, -0.1) is 11.3 Å². The molecule has 37 heavy (non-hydrogen) atoms. The Bertz CT molecular complexity index is 1560. The number of H-pyrrole nitrogens is 2. The van der Waals surface area contributed by atoms with Crippen LogP contribution >= 0.6 is 33.9 Å². The van der Waals surface area contributed by atoms with E-state index in [1.54, 1.807) is 41.9 Å². The zero-order valence-electron chi connectivity index (χ0n) is 19.2. The molecule has 0 saturated carbocycles. The van der Waals surface area contributed by atoms with Gasteiger partial charge in [-0.1, -0.05) is 0 Å². The van der Waals surface area contributed by atoms with E-state index in [0.29, 0.717) is 34.1 Å². The summed E-state index contributed by atoms with van der Waals surface area (Å²) in [6.07, 6.45) is 1.78. The first-order valence-corrected chi connectivity index (χ1v) is 13.2. The van der Waals surface area contributed by atoms with Crippen LogP contribution < -0.4 is 10.4 Å². The van der Waals surface area contributed by atoms with Crippen molar-refractivity contribution in [2.75, 3.05) is 13.2 Å². The number of aliphatic hydroxyl groups is 1. The van der Waals surface area contributed by atoms with E-state index in [1.165, 1.54) is 28.2 Å². The van der Waals surface area contributed by atoms with Crippen LogP contribution in [0.1, 0.15) is 17.6 Å². The summed E-state index contributed by atoms with van der Waals surface area (Å²) < 4.78 is 22.0. The zero-order chi connectivity index (χ0) is 25.9. The Morgan fingerprint density at radius 1 is 1.16 bits per heavy atom. The number of nitrogens with one attached hydrogen (secondary N) is 2. The molecule has 4 N–H and O–H groups in total. The van der Waals surface area contributed by atoms with E-state index < -0.39 is 17.5 Å². The van der Waals surface area contributed by atoms with Crippen LogP contribution in [0.4, 0.5) is 4.39 Å². The lowest BCUT2D eigenvalue weighted by Gasteiger charge is -2.16. The molecule has 0 saturated heterocycles. The Labute approximate surface area is 227 Å². The van der Waals surface area contributed by atoms with Crippen molar-refractivity contribution in [3.05, 3.63) is 90.9 Å². The maximum Gasteiger partial charge on any atom is 0.329 e. The SMILES string of the molecule is O=c1[nH]c(-c2ccc(OCCO)cc2)c(O)n1[C@H](Cc1cscn1)c1ncc(-c2ccc(I)cc2F)[nH]1. The van der Waals surface area contributed by atoms with Gasteiger partial charge in [0.2, 0.25) is 5.88 Å². The molecule has 0 unspecified atom stereocenters. The van der Waals surface area contributed by atoms with E-state index in [1.807, 2.05) is 28.0 Å². The molecule has 12 heteroatoms. The second-order valence-electron chi connectivity index (χ2n) is 8.10. The normalized spacial score (nSPS) is 12.1. The lowest BCUT2D eigenvalue weighted by Crippen LogP contribution is -2.25. The van der Waals surface area contributed by atoms with E-state index in [2.05, 4.69) is 19.9 Å². The van der Waals surface area contributed by atoms with Crippen molar-refractivity contribution in [3.63, 3.8) is 0 Å². The lowest BCUT2D eigenvalue weighted by molar-refractivity contribution is 0.201. The highest BCUT2D eigenvalue weighted by atomic mass is 127. The predicted octanol–water partition coefficient (Wildman–Crippen LogP) is 4.34. The van der Waals surface area contributed by atoms with Crippen LogP contribution in [-0.2, 0) is 6.42 Å². The van der Waals surface area contributed by atoms with Crippen molar-refractivity contribution in [2.45, 2.75) is 12.5 Å².